The van der Waals surface area contributed by atoms with Crippen LogP contribution in [0.25, 0.3) is 0 Å². The van der Waals surface area contributed by atoms with E-state index >= 15 is 0 Å². The van der Waals surface area contributed by atoms with Crippen molar-refractivity contribution in [2.75, 3.05) is 6.54 Å². The minimum absolute atomic E-state index is 0.115. The lowest BCUT2D eigenvalue weighted by molar-refractivity contribution is -0.142. The third kappa shape index (κ3) is 4.27. The fraction of sp³-hybridized carbons (Fsp3) is 0.667. The van der Waals surface area contributed by atoms with E-state index in [-0.39, 0.29) is 17.2 Å². The molecule has 0 aromatic carbocycles. The third-order valence-electron chi connectivity index (χ3n) is 4.04. The van der Waals surface area contributed by atoms with Crippen molar-refractivity contribution in [2.45, 2.75) is 52.2 Å². The van der Waals surface area contributed by atoms with E-state index < -0.39 is 12.1 Å². The Bertz CT molecular complexity index is 541. The van der Waals surface area contributed by atoms with Gasteiger partial charge in [0.05, 0.1) is 12.1 Å². The van der Waals surface area contributed by atoms with Gasteiger partial charge in [0, 0.05) is 17.6 Å². The first-order chi connectivity index (χ1) is 10.8. The number of aromatic nitrogens is 1. The Morgan fingerprint density at radius 2 is 2.26 bits per heavy atom. The van der Waals surface area contributed by atoms with Crippen molar-refractivity contribution in [3.8, 4) is 0 Å². The van der Waals surface area contributed by atoms with Crippen LogP contribution in [0.4, 0.5) is 0 Å². The summed E-state index contributed by atoms with van der Waals surface area (Å²) in [5, 5.41) is 2.89. The molecule has 7 nitrogen and oxygen atoms in total. The predicted molar refractivity (Wildman–Crippen MR) is 89.3 cm³/mol. The van der Waals surface area contributed by atoms with Crippen LogP contribution in [0.3, 0.4) is 0 Å². The molecule has 2 unspecified atom stereocenters. The van der Waals surface area contributed by atoms with Crippen molar-refractivity contribution < 1.29 is 9.59 Å². The number of rotatable bonds is 5. The maximum atomic E-state index is 12.8. The molecule has 128 valence electrons. The molecule has 1 aromatic heterocycles. The summed E-state index contributed by atoms with van der Waals surface area (Å²) in [6.45, 7) is 6.88. The van der Waals surface area contributed by atoms with Crippen molar-refractivity contribution in [3.05, 3.63) is 16.6 Å². The van der Waals surface area contributed by atoms with Crippen molar-refractivity contribution in [3.63, 3.8) is 0 Å². The number of carbonyl (C=O) groups is 2. The summed E-state index contributed by atoms with van der Waals surface area (Å²) in [6, 6.07) is -0.939. The minimum Gasteiger partial charge on any atom is -0.349 e. The van der Waals surface area contributed by atoms with E-state index in [9.17, 15) is 9.59 Å². The Morgan fingerprint density at radius 1 is 1.52 bits per heavy atom. The highest BCUT2D eigenvalue weighted by molar-refractivity contribution is 7.09. The van der Waals surface area contributed by atoms with E-state index in [1.807, 2.05) is 20.8 Å². The second kappa shape index (κ2) is 7.37. The van der Waals surface area contributed by atoms with Gasteiger partial charge in [-0.3, -0.25) is 20.4 Å². The van der Waals surface area contributed by atoms with Crippen LogP contribution < -0.4 is 16.6 Å². The molecule has 2 atom stereocenters. The highest BCUT2D eigenvalue weighted by atomic mass is 32.1. The van der Waals surface area contributed by atoms with Crippen LogP contribution in [-0.2, 0) is 16.1 Å². The van der Waals surface area contributed by atoms with Crippen molar-refractivity contribution in [2.24, 2.45) is 11.3 Å². The Morgan fingerprint density at radius 3 is 2.83 bits per heavy atom. The van der Waals surface area contributed by atoms with Crippen LogP contribution in [-0.4, -0.2) is 40.3 Å². The fourth-order valence-corrected chi connectivity index (χ4v) is 3.32. The SMILES string of the molecule is CC(C)(C)C(NN)C(=O)N1CCCC1C(=O)NCc1cncs1. The Kier molecular flexibility index (Phi) is 5.72. The van der Waals surface area contributed by atoms with Crippen LogP contribution in [0.2, 0.25) is 0 Å². The molecule has 4 N–H and O–H groups in total. The summed E-state index contributed by atoms with van der Waals surface area (Å²) in [7, 11) is 0. The van der Waals surface area contributed by atoms with Crippen LogP contribution in [0.1, 0.15) is 38.5 Å². The zero-order chi connectivity index (χ0) is 17.0. The molecule has 2 heterocycles. The number of likely N-dealkylation sites (tertiary alicyclic amines) is 1. The van der Waals surface area contributed by atoms with Gasteiger partial charge in [0.2, 0.25) is 11.8 Å². The van der Waals surface area contributed by atoms with Gasteiger partial charge in [0.15, 0.2) is 0 Å². The van der Waals surface area contributed by atoms with E-state index in [1.165, 1.54) is 11.3 Å². The number of amides is 2. The lowest BCUT2D eigenvalue weighted by atomic mass is 9.86. The monoisotopic (exact) mass is 339 g/mol. The Balaban J connectivity index is 2.01. The lowest BCUT2D eigenvalue weighted by Crippen LogP contribution is -2.58. The topological polar surface area (TPSA) is 100 Å². The quantitative estimate of drug-likeness (QED) is 0.540. The van der Waals surface area contributed by atoms with E-state index in [4.69, 9.17) is 5.84 Å². The summed E-state index contributed by atoms with van der Waals surface area (Å²) in [5.41, 5.74) is 4.01. The van der Waals surface area contributed by atoms with Crippen molar-refractivity contribution in [1.82, 2.24) is 20.6 Å². The maximum absolute atomic E-state index is 12.8. The van der Waals surface area contributed by atoms with Crippen molar-refractivity contribution in [1.29, 1.82) is 0 Å². The van der Waals surface area contributed by atoms with E-state index in [1.54, 1.807) is 16.6 Å². The highest BCUT2D eigenvalue weighted by Gasteiger charge is 2.40. The Labute approximate surface area is 140 Å². The van der Waals surface area contributed by atoms with Crippen LogP contribution >= 0.6 is 11.3 Å². The number of nitrogens with one attached hydrogen (secondary N) is 2. The number of carbonyl (C=O) groups excluding carboxylic acids is 2. The largest absolute Gasteiger partial charge is 0.349 e. The number of nitrogens with two attached hydrogens (primary N) is 1. The summed E-state index contributed by atoms with van der Waals surface area (Å²) >= 11 is 1.49. The standard InChI is InChI=1S/C15H25N5O2S/c1-15(2,3)12(19-16)14(22)20-6-4-5-11(20)13(21)18-8-10-7-17-9-23-10/h7,9,11-12,19H,4-6,8,16H2,1-3H3,(H,18,21). The molecule has 0 radical (unpaired) electrons. The fourth-order valence-electron chi connectivity index (χ4n) is 2.78. The number of hydrogen-bond donors (Lipinski definition) is 3. The summed E-state index contributed by atoms with van der Waals surface area (Å²) < 4.78 is 0. The molecule has 23 heavy (non-hydrogen) atoms. The second-order valence-corrected chi connectivity index (χ2v) is 7.81. The number of hydrazine groups is 1. The molecule has 1 fully saturated rings. The zero-order valence-corrected chi connectivity index (χ0v) is 14.7. The van der Waals surface area contributed by atoms with Crippen LogP contribution in [0, 0.1) is 5.41 Å². The zero-order valence-electron chi connectivity index (χ0n) is 13.8. The molecule has 1 aliphatic heterocycles. The predicted octanol–water partition coefficient (Wildman–Crippen LogP) is 0.628. The van der Waals surface area contributed by atoms with Gasteiger partial charge in [-0.15, -0.1) is 11.3 Å². The van der Waals surface area contributed by atoms with Gasteiger partial charge in [0.1, 0.15) is 12.1 Å². The van der Waals surface area contributed by atoms with Gasteiger partial charge in [-0.2, -0.15) is 0 Å². The molecule has 1 aromatic rings. The summed E-state index contributed by atoms with van der Waals surface area (Å²) in [6.07, 6.45) is 3.24. The second-order valence-electron chi connectivity index (χ2n) is 6.84. The average Bonchev–Trinajstić information content (AvgIpc) is 3.15. The normalized spacial score (nSPS) is 19.7. The molecule has 0 bridgehead atoms. The summed E-state index contributed by atoms with van der Waals surface area (Å²) in [4.78, 5) is 31.8. The van der Waals surface area contributed by atoms with Crippen molar-refractivity contribution >= 4 is 23.2 Å². The first-order valence-corrected chi connectivity index (χ1v) is 8.64. The molecule has 0 spiro atoms. The molecular formula is C15H25N5O2S. The van der Waals surface area contributed by atoms with Crippen LogP contribution in [0.15, 0.2) is 11.7 Å². The number of thiazole rings is 1. The lowest BCUT2D eigenvalue weighted by Gasteiger charge is -2.34. The van der Waals surface area contributed by atoms with E-state index in [0.717, 1.165) is 11.3 Å². The smallest absolute Gasteiger partial charge is 0.243 e. The van der Waals surface area contributed by atoms with Gasteiger partial charge < -0.3 is 10.2 Å². The van der Waals surface area contributed by atoms with Crippen LogP contribution in [0.5, 0.6) is 0 Å². The van der Waals surface area contributed by atoms with E-state index in [0.29, 0.717) is 19.5 Å². The number of nitrogens with zero attached hydrogens (tertiary/aromatic N) is 2. The average molecular weight is 339 g/mol. The van der Waals surface area contributed by atoms with Gasteiger partial charge in [0.25, 0.3) is 0 Å². The van der Waals surface area contributed by atoms with Gasteiger partial charge in [-0.25, -0.2) is 5.43 Å². The molecule has 0 aliphatic carbocycles. The maximum Gasteiger partial charge on any atom is 0.243 e. The molecular weight excluding hydrogens is 314 g/mol. The minimum atomic E-state index is -0.516. The molecule has 2 amide bonds. The Hall–Kier alpha value is -1.51. The molecule has 1 saturated heterocycles. The molecule has 1 aliphatic rings. The van der Waals surface area contributed by atoms with Gasteiger partial charge in [-0.1, -0.05) is 20.8 Å². The third-order valence-corrected chi connectivity index (χ3v) is 4.82. The number of hydrogen-bond acceptors (Lipinski definition) is 6. The first kappa shape index (κ1) is 17.8. The summed E-state index contributed by atoms with van der Waals surface area (Å²) in [5.74, 6) is 5.34. The van der Waals surface area contributed by atoms with E-state index in [2.05, 4.69) is 15.7 Å². The highest BCUT2D eigenvalue weighted by Crippen LogP contribution is 2.25. The van der Waals surface area contributed by atoms with Gasteiger partial charge >= 0.3 is 0 Å². The molecule has 2 rings (SSSR count). The van der Waals surface area contributed by atoms with Gasteiger partial charge in [-0.05, 0) is 18.3 Å². The molecule has 8 heteroatoms. The first-order valence-electron chi connectivity index (χ1n) is 7.76. The molecule has 0 saturated carbocycles.